The van der Waals surface area contributed by atoms with E-state index in [0.29, 0.717) is 16.4 Å². The molecule has 0 spiro atoms. The lowest BCUT2D eigenvalue weighted by molar-refractivity contribution is 0.102. The molecule has 1 amide bonds. The Labute approximate surface area is 143 Å². The van der Waals surface area contributed by atoms with Gasteiger partial charge in [0, 0.05) is 36.3 Å². The summed E-state index contributed by atoms with van der Waals surface area (Å²) < 4.78 is 13.0. The van der Waals surface area contributed by atoms with Crippen molar-refractivity contribution in [1.29, 1.82) is 0 Å². The zero-order valence-corrected chi connectivity index (χ0v) is 14.1. The summed E-state index contributed by atoms with van der Waals surface area (Å²) in [7, 11) is 3.85. The molecule has 4 nitrogen and oxygen atoms in total. The van der Waals surface area contributed by atoms with Crippen LogP contribution in [0.1, 0.15) is 10.4 Å². The molecule has 1 N–H and O–H groups in total. The molecule has 0 unspecified atom stereocenters. The predicted molar refractivity (Wildman–Crippen MR) is 96.2 cm³/mol. The average molecular weight is 341 g/mol. The van der Waals surface area contributed by atoms with Gasteiger partial charge in [-0.05, 0) is 42.5 Å². The average Bonchev–Trinajstić information content (AvgIpc) is 3.04. The summed E-state index contributed by atoms with van der Waals surface area (Å²) in [5.41, 5.74) is 3.04. The number of carbonyl (C=O) groups is 1. The third-order valence-electron chi connectivity index (χ3n) is 3.49. The van der Waals surface area contributed by atoms with Gasteiger partial charge in [0.1, 0.15) is 5.82 Å². The number of nitrogens with zero attached hydrogens (tertiary/aromatic N) is 2. The number of hydrogen-bond donors (Lipinski definition) is 1. The fourth-order valence-corrected chi connectivity index (χ4v) is 2.89. The van der Waals surface area contributed by atoms with E-state index in [2.05, 4.69) is 10.3 Å². The predicted octanol–water partition coefficient (Wildman–Crippen LogP) is 4.27. The molecule has 0 radical (unpaired) electrons. The van der Waals surface area contributed by atoms with E-state index in [1.807, 2.05) is 42.6 Å². The highest BCUT2D eigenvalue weighted by atomic mass is 32.1. The lowest BCUT2D eigenvalue weighted by atomic mass is 10.2. The fraction of sp³-hybridized carbons (Fsp3) is 0.111. The standard InChI is InChI=1S/C18H16FN3OS/c1-22(2)15-5-3-4-13(10-15)17(23)21-18-20-16(11-24-18)12-6-8-14(19)9-7-12/h3-11H,1-2H3,(H,20,21,23). The number of benzene rings is 2. The first-order valence-corrected chi connectivity index (χ1v) is 8.21. The summed E-state index contributed by atoms with van der Waals surface area (Å²) in [6, 6.07) is 13.5. The van der Waals surface area contributed by atoms with Crippen LogP contribution in [0, 0.1) is 5.82 Å². The SMILES string of the molecule is CN(C)c1cccc(C(=O)Nc2nc(-c3ccc(F)cc3)cs2)c1. The van der Waals surface area contributed by atoms with Crippen molar-refractivity contribution in [3.8, 4) is 11.3 Å². The molecule has 6 heteroatoms. The minimum atomic E-state index is -0.289. The molecule has 0 saturated carbocycles. The summed E-state index contributed by atoms with van der Waals surface area (Å²) >= 11 is 1.33. The van der Waals surface area contributed by atoms with Crippen molar-refractivity contribution in [1.82, 2.24) is 4.98 Å². The molecule has 3 rings (SSSR count). The molecule has 0 fully saturated rings. The summed E-state index contributed by atoms with van der Waals surface area (Å²) in [4.78, 5) is 18.7. The topological polar surface area (TPSA) is 45.2 Å². The van der Waals surface area contributed by atoms with Crippen LogP contribution < -0.4 is 10.2 Å². The molecule has 0 saturated heterocycles. The van der Waals surface area contributed by atoms with Crippen molar-refractivity contribution in [2.24, 2.45) is 0 Å². The maximum atomic E-state index is 13.0. The third kappa shape index (κ3) is 3.60. The monoisotopic (exact) mass is 341 g/mol. The molecule has 0 atom stereocenters. The number of carbonyl (C=O) groups excluding carboxylic acids is 1. The quantitative estimate of drug-likeness (QED) is 0.771. The van der Waals surface area contributed by atoms with Crippen molar-refractivity contribution >= 4 is 28.1 Å². The molecule has 0 bridgehead atoms. The van der Waals surface area contributed by atoms with Crippen LogP contribution in [0.15, 0.2) is 53.9 Å². The first-order valence-electron chi connectivity index (χ1n) is 7.33. The van der Waals surface area contributed by atoms with Gasteiger partial charge in [-0.2, -0.15) is 0 Å². The van der Waals surface area contributed by atoms with Crippen molar-refractivity contribution in [3.05, 3.63) is 65.3 Å². The Balaban J connectivity index is 1.76. The van der Waals surface area contributed by atoms with Crippen molar-refractivity contribution in [2.75, 3.05) is 24.3 Å². The first-order chi connectivity index (χ1) is 11.5. The van der Waals surface area contributed by atoms with Gasteiger partial charge in [-0.3, -0.25) is 10.1 Å². The molecule has 1 aromatic heterocycles. The molecule has 1 heterocycles. The Morgan fingerprint density at radius 3 is 2.62 bits per heavy atom. The largest absolute Gasteiger partial charge is 0.378 e. The van der Waals surface area contributed by atoms with E-state index in [1.54, 1.807) is 18.2 Å². The van der Waals surface area contributed by atoms with Crippen LogP contribution in [0.25, 0.3) is 11.3 Å². The van der Waals surface area contributed by atoms with Crippen LogP contribution in [-0.4, -0.2) is 25.0 Å². The van der Waals surface area contributed by atoms with Gasteiger partial charge in [0.2, 0.25) is 0 Å². The van der Waals surface area contributed by atoms with Crippen molar-refractivity contribution < 1.29 is 9.18 Å². The maximum absolute atomic E-state index is 13.0. The Morgan fingerprint density at radius 1 is 1.17 bits per heavy atom. The van der Waals surface area contributed by atoms with E-state index in [1.165, 1.54) is 23.5 Å². The van der Waals surface area contributed by atoms with Gasteiger partial charge in [-0.25, -0.2) is 9.37 Å². The van der Waals surface area contributed by atoms with Crippen molar-refractivity contribution in [3.63, 3.8) is 0 Å². The number of halogens is 1. The fourth-order valence-electron chi connectivity index (χ4n) is 2.18. The molecule has 122 valence electrons. The number of aromatic nitrogens is 1. The van der Waals surface area contributed by atoms with Crippen LogP contribution in [0.3, 0.4) is 0 Å². The molecule has 0 aliphatic rings. The summed E-state index contributed by atoms with van der Waals surface area (Å²) in [5, 5.41) is 5.14. The molecule has 24 heavy (non-hydrogen) atoms. The van der Waals surface area contributed by atoms with Crippen LogP contribution in [0.5, 0.6) is 0 Å². The zero-order valence-electron chi connectivity index (χ0n) is 13.3. The Kier molecular flexibility index (Phi) is 4.57. The highest BCUT2D eigenvalue weighted by Gasteiger charge is 2.11. The van der Waals surface area contributed by atoms with Gasteiger partial charge in [0.15, 0.2) is 5.13 Å². The van der Waals surface area contributed by atoms with Gasteiger partial charge in [-0.15, -0.1) is 11.3 Å². The van der Waals surface area contributed by atoms with Crippen LogP contribution in [0.2, 0.25) is 0 Å². The first kappa shape index (κ1) is 16.1. The molecule has 0 aliphatic heterocycles. The van der Waals surface area contributed by atoms with Gasteiger partial charge in [0.25, 0.3) is 5.91 Å². The van der Waals surface area contributed by atoms with Gasteiger partial charge < -0.3 is 4.90 Å². The van der Waals surface area contributed by atoms with E-state index >= 15 is 0 Å². The smallest absolute Gasteiger partial charge is 0.257 e. The number of nitrogens with one attached hydrogen (secondary N) is 1. The van der Waals surface area contributed by atoms with Gasteiger partial charge >= 0.3 is 0 Å². The molecule has 2 aromatic carbocycles. The minimum absolute atomic E-state index is 0.210. The van der Waals surface area contributed by atoms with E-state index in [-0.39, 0.29) is 11.7 Å². The third-order valence-corrected chi connectivity index (χ3v) is 4.25. The molecule has 3 aromatic rings. The van der Waals surface area contributed by atoms with Crippen LogP contribution >= 0.6 is 11.3 Å². The normalized spacial score (nSPS) is 10.5. The molecular formula is C18H16FN3OS. The Bertz CT molecular complexity index is 859. The van der Waals surface area contributed by atoms with Gasteiger partial charge in [-0.1, -0.05) is 6.07 Å². The minimum Gasteiger partial charge on any atom is -0.378 e. The highest BCUT2D eigenvalue weighted by molar-refractivity contribution is 7.14. The van der Waals surface area contributed by atoms with Crippen molar-refractivity contribution in [2.45, 2.75) is 0 Å². The lowest BCUT2D eigenvalue weighted by Crippen LogP contribution is -2.14. The van der Waals surface area contributed by atoms with E-state index < -0.39 is 0 Å². The second-order valence-electron chi connectivity index (χ2n) is 5.44. The highest BCUT2D eigenvalue weighted by Crippen LogP contribution is 2.25. The number of anilines is 2. The summed E-state index contributed by atoms with van der Waals surface area (Å²) in [5.74, 6) is -0.498. The lowest BCUT2D eigenvalue weighted by Gasteiger charge is -2.13. The Hall–Kier alpha value is -2.73. The number of rotatable bonds is 4. The Morgan fingerprint density at radius 2 is 1.92 bits per heavy atom. The van der Waals surface area contributed by atoms with Crippen LogP contribution in [0.4, 0.5) is 15.2 Å². The van der Waals surface area contributed by atoms with E-state index in [4.69, 9.17) is 0 Å². The maximum Gasteiger partial charge on any atom is 0.257 e. The zero-order chi connectivity index (χ0) is 17.1. The number of hydrogen-bond acceptors (Lipinski definition) is 4. The number of thiazole rings is 1. The summed E-state index contributed by atoms with van der Waals surface area (Å²) in [6.07, 6.45) is 0. The van der Waals surface area contributed by atoms with Crippen LogP contribution in [-0.2, 0) is 0 Å². The second-order valence-corrected chi connectivity index (χ2v) is 6.30. The number of amides is 1. The van der Waals surface area contributed by atoms with Gasteiger partial charge in [0.05, 0.1) is 5.69 Å². The van der Waals surface area contributed by atoms with E-state index in [9.17, 15) is 9.18 Å². The summed E-state index contributed by atoms with van der Waals surface area (Å²) in [6.45, 7) is 0. The molecular weight excluding hydrogens is 325 g/mol. The van der Waals surface area contributed by atoms with E-state index in [0.717, 1.165) is 11.3 Å². The second kappa shape index (κ2) is 6.80. The molecule has 0 aliphatic carbocycles.